The molecule has 0 spiro atoms. The molecule has 0 bridgehead atoms. The Balaban J connectivity index is 4.16. The topological polar surface area (TPSA) is 74.6 Å². The molecular formula is C10H16O4. The standard InChI is InChI=1S/C10H16O4/c1-3-7(11)9(13)5-6-10(14)8(12)4-2/h5-6,9-10,13-14H,3-4H2,1-2H3/b6-5+. The lowest BCUT2D eigenvalue weighted by Crippen LogP contribution is -2.20. The molecule has 2 unspecified atom stereocenters. The summed E-state index contributed by atoms with van der Waals surface area (Å²) >= 11 is 0. The van der Waals surface area contributed by atoms with Crippen molar-refractivity contribution in [3.63, 3.8) is 0 Å². The molecule has 0 aromatic heterocycles. The third kappa shape index (κ3) is 4.30. The molecule has 0 aromatic rings. The second-order valence-electron chi connectivity index (χ2n) is 2.91. The summed E-state index contributed by atoms with van der Waals surface area (Å²) in [6, 6.07) is 0. The zero-order valence-corrected chi connectivity index (χ0v) is 8.43. The van der Waals surface area contributed by atoms with Crippen LogP contribution in [0.5, 0.6) is 0 Å². The van der Waals surface area contributed by atoms with Gasteiger partial charge in [0.2, 0.25) is 0 Å². The zero-order valence-electron chi connectivity index (χ0n) is 8.43. The van der Waals surface area contributed by atoms with E-state index in [1.54, 1.807) is 13.8 Å². The number of hydrogen-bond acceptors (Lipinski definition) is 4. The predicted molar refractivity (Wildman–Crippen MR) is 51.7 cm³/mol. The zero-order chi connectivity index (χ0) is 11.1. The Labute approximate surface area is 83.2 Å². The quantitative estimate of drug-likeness (QED) is 0.601. The second-order valence-corrected chi connectivity index (χ2v) is 2.91. The number of hydrogen-bond donors (Lipinski definition) is 2. The first-order valence-corrected chi connectivity index (χ1v) is 4.62. The molecule has 14 heavy (non-hydrogen) atoms. The fraction of sp³-hybridized carbons (Fsp3) is 0.600. The van der Waals surface area contributed by atoms with E-state index in [0.717, 1.165) is 12.2 Å². The van der Waals surface area contributed by atoms with E-state index >= 15 is 0 Å². The molecule has 0 aliphatic heterocycles. The lowest BCUT2D eigenvalue weighted by Gasteiger charge is -2.04. The number of carbonyl (C=O) groups is 2. The van der Waals surface area contributed by atoms with Crippen molar-refractivity contribution in [3.05, 3.63) is 12.2 Å². The predicted octanol–water partition coefficient (Wildman–Crippen LogP) is 0.223. The third-order valence-electron chi connectivity index (χ3n) is 1.83. The van der Waals surface area contributed by atoms with Gasteiger partial charge in [0.25, 0.3) is 0 Å². The summed E-state index contributed by atoms with van der Waals surface area (Å²) in [5, 5.41) is 18.3. The molecule has 0 aliphatic carbocycles. The molecule has 0 saturated heterocycles. The van der Waals surface area contributed by atoms with Crippen molar-refractivity contribution in [1.82, 2.24) is 0 Å². The van der Waals surface area contributed by atoms with Crippen LogP contribution in [0, 0.1) is 0 Å². The third-order valence-corrected chi connectivity index (χ3v) is 1.83. The first-order chi connectivity index (χ1) is 6.52. The molecule has 0 aromatic carbocycles. The van der Waals surface area contributed by atoms with Crippen molar-refractivity contribution in [2.45, 2.75) is 38.9 Å². The minimum atomic E-state index is -1.22. The maximum absolute atomic E-state index is 10.9. The Bertz CT molecular complexity index is 208. The number of aliphatic hydroxyl groups is 2. The fourth-order valence-electron chi connectivity index (χ4n) is 0.843. The van der Waals surface area contributed by atoms with E-state index in [-0.39, 0.29) is 24.4 Å². The van der Waals surface area contributed by atoms with Crippen LogP contribution in [0.25, 0.3) is 0 Å². The Morgan fingerprint density at radius 1 is 1.00 bits per heavy atom. The van der Waals surface area contributed by atoms with Crippen LogP contribution in [0.3, 0.4) is 0 Å². The molecule has 0 heterocycles. The van der Waals surface area contributed by atoms with E-state index in [4.69, 9.17) is 10.2 Å². The smallest absolute Gasteiger partial charge is 0.164 e. The van der Waals surface area contributed by atoms with Crippen molar-refractivity contribution in [2.75, 3.05) is 0 Å². The van der Waals surface area contributed by atoms with Gasteiger partial charge in [0, 0.05) is 12.8 Å². The van der Waals surface area contributed by atoms with Crippen LogP contribution in [-0.4, -0.2) is 34.0 Å². The summed E-state index contributed by atoms with van der Waals surface area (Å²) in [6.45, 7) is 3.26. The van der Waals surface area contributed by atoms with E-state index in [1.165, 1.54) is 0 Å². The van der Waals surface area contributed by atoms with Crippen molar-refractivity contribution in [1.29, 1.82) is 0 Å². The van der Waals surface area contributed by atoms with Crippen LogP contribution in [-0.2, 0) is 9.59 Å². The van der Waals surface area contributed by atoms with E-state index in [0.29, 0.717) is 0 Å². The summed E-state index contributed by atoms with van der Waals surface area (Å²) in [5.74, 6) is -0.671. The van der Waals surface area contributed by atoms with Crippen LogP contribution in [0.4, 0.5) is 0 Å². The highest BCUT2D eigenvalue weighted by Gasteiger charge is 2.12. The van der Waals surface area contributed by atoms with E-state index in [9.17, 15) is 9.59 Å². The highest BCUT2D eigenvalue weighted by Crippen LogP contribution is 1.97. The highest BCUT2D eigenvalue weighted by atomic mass is 16.3. The Morgan fingerprint density at radius 3 is 1.50 bits per heavy atom. The Hall–Kier alpha value is -1.00. The summed E-state index contributed by atoms with van der Waals surface area (Å²) < 4.78 is 0. The summed E-state index contributed by atoms with van der Waals surface area (Å²) in [6.07, 6.45) is 0.291. The fourth-order valence-corrected chi connectivity index (χ4v) is 0.843. The van der Waals surface area contributed by atoms with Crippen LogP contribution >= 0.6 is 0 Å². The minimum Gasteiger partial charge on any atom is -0.381 e. The van der Waals surface area contributed by atoms with Gasteiger partial charge in [0.1, 0.15) is 12.2 Å². The van der Waals surface area contributed by atoms with Gasteiger partial charge in [-0.1, -0.05) is 13.8 Å². The maximum Gasteiger partial charge on any atom is 0.164 e. The highest BCUT2D eigenvalue weighted by molar-refractivity contribution is 5.86. The van der Waals surface area contributed by atoms with Crippen molar-refractivity contribution in [2.24, 2.45) is 0 Å². The van der Waals surface area contributed by atoms with Crippen molar-refractivity contribution >= 4 is 11.6 Å². The van der Waals surface area contributed by atoms with Gasteiger partial charge < -0.3 is 10.2 Å². The number of carbonyl (C=O) groups excluding carboxylic acids is 2. The van der Waals surface area contributed by atoms with E-state index in [2.05, 4.69) is 0 Å². The van der Waals surface area contributed by atoms with Gasteiger partial charge in [-0.15, -0.1) is 0 Å². The molecule has 0 amide bonds. The van der Waals surface area contributed by atoms with E-state index < -0.39 is 12.2 Å². The van der Waals surface area contributed by atoms with Gasteiger partial charge in [0.15, 0.2) is 11.6 Å². The molecule has 0 fully saturated rings. The molecule has 0 rings (SSSR count). The lowest BCUT2D eigenvalue weighted by molar-refractivity contribution is -0.125. The van der Waals surface area contributed by atoms with Gasteiger partial charge in [0.05, 0.1) is 0 Å². The molecule has 2 N–H and O–H groups in total. The minimum absolute atomic E-state index is 0.226. The molecule has 2 atom stereocenters. The number of rotatable bonds is 6. The average Bonchev–Trinajstić information content (AvgIpc) is 2.22. The summed E-state index contributed by atoms with van der Waals surface area (Å²) in [5.41, 5.74) is 0. The monoisotopic (exact) mass is 200 g/mol. The first kappa shape index (κ1) is 13.0. The summed E-state index contributed by atoms with van der Waals surface area (Å²) in [7, 11) is 0. The number of ketones is 2. The molecule has 0 aliphatic rings. The average molecular weight is 200 g/mol. The van der Waals surface area contributed by atoms with Gasteiger partial charge >= 0.3 is 0 Å². The van der Waals surface area contributed by atoms with Gasteiger partial charge in [-0.2, -0.15) is 0 Å². The number of Topliss-reactive ketones (excluding diaryl/α,β-unsaturated/α-hetero) is 2. The molecule has 0 saturated carbocycles. The molecule has 80 valence electrons. The van der Waals surface area contributed by atoms with Crippen molar-refractivity contribution in [3.8, 4) is 0 Å². The molecule has 4 heteroatoms. The van der Waals surface area contributed by atoms with Crippen LogP contribution < -0.4 is 0 Å². The van der Waals surface area contributed by atoms with Crippen molar-refractivity contribution < 1.29 is 19.8 Å². The Kier molecular flexibility index (Phi) is 5.99. The second kappa shape index (κ2) is 6.45. The van der Waals surface area contributed by atoms with Gasteiger partial charge in [-0.3, -0.25) is 9.59 Å². The maximum atomic E-state index is 10.9. The SMILES string of the molecule is CCC(=O)C(O)/C=C/C(O)C(=O)CC. The normalized spacial score (nSPS) is 15.4. The van der Waals surface area contributed by atoms with Crippen LogP contribution in [0.2, 0.25) is 0 Å². The molecular weight excluding hydrogens is 184 g/mol. The van der Waals surface area contributed by atoms with Gasteiger partial charge in [-0.05, 0) is 12.2 Å². The van der Waals surface area contributed by atoms with Crippen LogP contribution in [0.1, 0.15) is 26.7 Å². The largest absolute Gasteiger partial charge is 0.381 e. The molecule has 0 radical (unpaired) electrons. The number of aliphatic hydroxyl groups excluding tert-OH is 2. The van der Waals surface area contributed by atoms with Gasteiger partial charge in [-0.25, -0.2) is 0 Å². The Morgan fingerprint density at radius 2 is 1.29 bits per heavy atom. The first-order valence-electron chi connectivity index (χ1n) is 4.62. The van der Waals surface area contributed by atoms with Crippen LogP contribution in [0.15, 0.2) is 12.2 Å². The van der Waals surface area contributed by atoms with E-state index in [1.807, 2.05) is 0 Å². The summed E-state index contributed by atoms with van der Waals surface area (Å²) in [4.78, 5) is 21.8. The lowest BCUT2D eigenvalue weighted by atomic mass is 10.1. The molecule has 4 nitrogen and oxygen atoms in total.